The second-order valence-corrected chi connectivity index (χ2v) is 8.88. The Morgan fingerprint density at radius 2 is 1.88 bits per heavy atom. The molecule has 1 aliphatic heterocycles. The summed E-state index contributed by atoms with van der Waals surface area (Å²) in [6.45, 7) is 4.95. The van der Waals surface area contributed by atoms with Crippen LogP contribution in [0.4, 0.5) is 0 Å². The number of carbonyl (C=O) groups excluding carboxylic acids is 2. The maximum Gasteiger partial charge on any atom is 0.316 e. The van der Waals surface area contributed by atoms with E-state index in [9.17, 15) is 18.0 Å². The van der Waals surface area contributed by atoms with Crippen molar-refractivity contribution in [3.63, 3.8) is 0 Å². The summed E-state index contributed by atoms with van der Waals surface area (Å²) in [6.07, 6.45) is -0.589. The van der Waals surface area contributed by atoms with Crippen LogP contribution < -0.4 is 5.32 Å². The highest BCUT2D eigenvalue weighted by atomic mass is 32.2. The molecule has 1 saturated heterocycles. The van der Waals surface area contributed by atoms with Crippen LogP contribution in [0.3, 0.4) is 0 Å². The van der Waals surface area contributed by atoms with Crippen LogP contribution in [0.5, 0.6) is 0 Å². The fourth-order valence-electron chi connectivity index (χ4n) is 2.56. The Labute approximate surface area is 142 Å². The SMILES string of the molecule is C[C@H](OC(=O)C(C)(C)c1ccccc1)C(=O)N[C@@H]1CCS(=O)(=O)C1. The molecular formula is C17H23NO5S. The third kappa shape index (κ3) is 4.35. The zero-order valence-corrected chi connectivity index (χ0v) is 14.9. The van der Waals surface area contributed by atoms with E-state index < -0.39 is 39.3 Å². The second-order valence-electron chi connectivity index (χ2n) is 6.65. The largest absolute Gasteiger partial charge is 0.452 e. The van der Waals surface area contributed by atoms with Crippen molar-refractivity contribution in [2.75, 3.05) is 11.5 Å². The summed E-state index contributed by atoms with van der Waals surface area (Å²) in [6, 6.07) is 8.77. The summed E-state index contributed by atoms with van der Waals surface area (Å²) in [4.78, 5) is 24.5. The van der Waals surface area contributed by atoms with Crippen molar-refractivity contribution in [2.24, 2.45) is 0 Å². The number of amides is 1. The molecule has 7 heteroatoms. The van der Waals surface area contributed by atoms with Gasteiger partial charge in [-0.3, -0.25) is 9.59 Å². The third-order valence-corrected chi connectivity index (χ3v) is 6.01. The molecule has 6 nitrogen and oxygen atoms in total. The third-order valence-electron chi connectivity index (χ3n) is 4.24. The van der Waals surface area contributed by atoms with Gasteiger partial charge in [0.1, 0.15) is 0 Å². The van der Waals surface area contributed by atoms with Gasteiger partial charge in [-0.1, -0.05) is 30.3 Å². The van der Waals surface area contributed by atoms with Crippen molar-refractivity contribution in [2.45, 2.75) is 44.8 Å². The topological polar surface area (TPSA) is 89.5 Å². The van der Waals surface area contributed by atoms with Gasteiger partial charge in [-0.2, -0.15) is 0 Å². The molecular weight excluding hydrogens is 330 g/mol. The maximum atomic E-state index is 12.4. The minimum atomic E-state index is -3.07. The Morgan fingerprint density at radius 3 is 2.42 bits per heavy atom. The summed E-state index contributed by atoms with van der Waals surface area (Å²) in [7, 11) is -3.07. The molecule has 132 valence electrons. The lowest BCUT2D eigenvalue weighted by Crippen LogP contribution is -2.44. The van der Waals surface area contributed by atoms with Gasteiger partial charge < -0.3 is 10.1 Å². The maximum absolute atomic E-state index is 12.4. The van der Waals surface area contributed by atoms with E-state index in [-0.39, 0.29) is 11.5 Å². The van der Waals surface area contributed by atoms with E-state index in [1.165, 1.54) is 6.92 Å². The number of nitrogens with one attached hydrogen (secondary N) is 1. The molecule has 0 unspecified atom stereocenters. The van der Waals surface area contributed by atoms with E-state index >= 15 is 0 Å². The first-order chi connectivity index (χ1) is 11.1. The Balaban J connectivity index is 1.95. The Morgan fingerprint density at radius 1 is 1.25 bits per heavy atom. The molecule has 1 aliphatic rings. The predicted molar refractivity (Wildman–Crippen MR) is 90.2 cm³/mol. The highest BCUT2D eigenvalue weighted by molar-refractivity contribution is 7.91. The van der Waals surface area contributed by atoms with Crippen molar-refractivity contribution in [3.8, 4) is 0 Å². The summed E-state index contributed by atoms with van der Waals surface area (Å²) in [5.41, 5.74) is -0.0866. The predicted octanol–water partition coefficient (Wildman–Crippen LogP) is 1.20. The fourth-order valence-corrected chi connectivity index (χ4v) is 4.23. The van der Waals surface area contributed by atoms with Gasteiger partial charge in [0, 0.05) is 6.04 Å². The number of hydrogen-bond donors (Lipinski definition) is 1. The molecule has 0 radical (unpaired) electrons. The Bertz CT molecular complexity index is 712. The van der Waals surface area contributed by atoms with Gasteiger partial charge in [0.05, 0.1) is 16.9 Å². The molecule has 1 heterocycles. The van der Waals surface area contributed by atoms with Crippen LogP contribution in [0.1, 0.15) is 32.8 Å². The molecule has 1 fully saturated rings. The van der Waals surface area contributed by atoms with E-state index in [1.54, 1.807) is 13.8 Å². The van der Waals surface area contributed by atoms with Crippen molar-refractivity contribution in [1.29, 1.82) is 0 Å². The lowest BCUT2D eigenvalue weighted by molar-refractivity contribution is -0.159. The summed E-state index contributed by atoms with van der Waals surface area (Å²) in [5, 5.41) is 2.64. The van der Waals surface area contributed by atoms with Gasteiger partial charge >= 0.3 is 5.97 Å². The molecule has 1 N–H and O–H groups in total. The molecule has 2 atom stereocenters. The van der Waals surface area contributed by atoms with Crippen LogP contribution in [0.25, 0.3) is 0 Å². The minimum Gasteiger partial charge on any atom is -0.452 e. The molecule has 0 aromatic heterocycles. The van der Waals surface area contributed by atoms with Crippen molar-refractivity contribution in [3.05, 3.63) is 35.9 Å². The van der Waals surface area contributed by atoms with E-state index in [1.807, 2.05) is 30.3 Å². The average molecular weight is 353 g/mol. The van der Waals surface area contributed by atoms with Gasteiger partial charge in [-0.25, -0.2) is 8.42 Å². The lowest BCUT2D eigenvalue weighted by atomic mass is 9.85. The fraction of sp³-hybridized carbons (Fsp3) is 0.529. The number of rotatable bonds is 5. The first-order valence-corrected chi connectivity index (χ1v) is 9.71. The second kappa shape index (κ2) is 6.93. The van der Waals surface area contributed by atoms with Crippen LogP contribution in [0.15, 0.2) is 30.3 Å². The average Bonchev–Trinajstić information content (AvgIpc) is 2.86. The Hall–Kier alpha value is -1.89. The molecule has 0 saturated carbocycles. The molecule has 24 heavy (non-hydrogen) atoms. The molecule has 0 bridgehead atoms. The van der Waals surface area contributed by atoms with Crippen LogP contribution in [-0.2, 0) is 29.6 Å². The van der Waals surface area contributed by atoms with E-state index in [4.69, 9.17) is 4.74 Å². The highest BCUT2D eigenvalue weighted by Gasteiger charge is 2.35. The minimum absolute atomic E-state index is 0.0606. The monoisotopic (exact) mass is 353 g/mol. The number of ether oxygens (including phenoxy) is 1. The number of carbonyl (C=O) groups is 2. The Kier molecular flexibility index (Phi) is 5.32. The zero-order valence-electron chi connectivity index (χ0n) is 14.1. The summed E-state index contributed by atoms with van der Waals surface area (Å²) < 4.78 is 28.1. The normalized spacial score (nSPS) is 21.0. The van der Waals surface area contributed by atoms with Gasteiger partial charge in [0.15, 0.2) is 15.9 Å². The van der Waals surface area contributed by atoms with Crippen molar-refractivity contribution >= 4 is 21.7 Å². The molecule has 1 aromatic rings. The smallest absolute Gasteiger partial charge is 0.316 e. The standard InChI is InChI=1S/C17H23NO5S/c1-12(15(19)18-14-9-10-24(21,22)11-14)23-16(20)17(2,3)13-7-5-4-6-8-13/h4-8,12,14H,9-11H2,1-3H3,(H,18,19)/t12-,14+/m0/s1. The summed E-state index contributed by atoms with van der Waals surface area (Å²) >= 11 is 0. The quantitative estimate of drug-likeness (QED) is 0.804. The van der Waals surface area contributed by atoms with Gasteiger partial charge in [0.2, 0.25) is 0 Å². The van der Waals surface area contributed by atoms with Gasteiger partial charge in [-0.05, 0) is 32.8 Å². The zero-order chi connectivity index (χ0) is 18.0. The molecule has 0 aliphatic carbocycles. The first kappa shape index (κ1) is 18.4. The number of sulfone groups is 1. The number of esters is 1. The van der Waals surface area contributed by atoms with Crippen LogP contribution in [0, 0.1) is 0 Å². The lowest BCUT2D eigenvalue weighted by Gasteiger charge is -2.25. The van der Waals surface area contributed by atoms with Gasteiger partial charge in [0.25, 0.3) is 5.91 Å². The van der Waals surface area contributed by atoms with E-state index in [0.29, 0.717) is 6.42 Å². The van der Waals surface area contributed by atoms with E-state index in [0.717, 1.165) is 5.56 Å². The van der Waals surface area contributed by atoms with Crippen LogP contribution >= 0.6 is 0 Å². The first-order valence-electron chi connectivity index (χ1n) is 7.89. The number of benzene rings is 1. The van der Waals surface area contributed by atoms with Crippen LogP contribution in [-0.4, -0.2) is 43.9 Å². The molecule has 2 rings (SSSR count). The molecule has 1 aromatic carbocycles. The number of hydrogen-bond acceptors (Lipinski definition) is 5. The van der Waals surface area contributed by atoms with Crippen LogP contribution in [0.2, 0.25) is 0 Å². The van der Waals surface area contributed by atoms with Gasteiger partial charge in [-0.15, -0.1) is 0 Å². The summed E-state index contributed by atoms with van der Waals surface area (Å²) in [5.74, 6) is -0.966. The highest BCUT2D eigenvalue weighted by Crippen LogP contribution is 2.25. The molecule has 0 spiro atoms. The molecule has 1 amide bonds. The van der Waals surface area contributed by atoms with E-state index in [2.05, 4.69) is 5.32 Å². The van der Waals surface area contributed by atoms with Crippen molar-refractivity contribution < 1.29 is 22.7 Å². The van der Waals surface area contributed by atoms with Crippen molar-refractivity contribution in [1.82, 2.24) is 5.32 Å².